The van der Waals surface area contributed by atoms with Gasteiger partial charge in [0.1, 0.15) is 17.7 Å². The molecular formula is C21H27FN4O2. The third-order valence-corrected chi connectivity index (χ3v) is 4.15. The Morgan fingerprint density at radius 1 is 1.18 bits per heavy atom. The van der Waals surface area contributed by atoms with Crippen LogP contribution in [0.3, 0.4) is 0 Å². The van der Waals surface area contributed by atoms with Crippen LogP contribution < -0.4 is 20.7 Å². The van der Waals surface area contributed by atoms with Crippen LogP contribution in [0.1, 0.15) is 29.3 Å². The molecule has 0 heterocycles. The quantitative estimate of drug-likeness (QED) is 0.482. The first-order valence-corrected chi connectivity index (χ1v) is 9.23. The molecule has 150 valence electrons. The van der Waals surface area contributed by atoms with Crippen molar-refractivity contribution in [2.24, 2.45) is 4.99 Å². The summed E-state index contributed by atoms with van der Waals surface area (Å²) in [7, 11) is 3.29. The van der Waals surface area contributed by atoms with Crippen molar-refractivity contribution < 1.29 is 13.9 Å². The molecule has 0 aromatic heterocycles. The van der Waals surface area contributed by atoms with Crippen molar-refractivity contribution >= 4 is 11.9 Å². The first-order valence-electron chi connectivity index (χ1n) is 9.23. The van der Waals surface area contributed by atoms with Crippen molar-refractivity contribution in [3.05, 3.63) is 65.5 Å². The monoisotopic (exact) mass is 386 g/mol. The van der Waals surface area contributed by atoms with Crippen molar-refractivity contribution in [2.45, 2.75) is 26.0 Å². The van der Waals surface area contributed by atoms with E-state index < -0.39 is 0 Å². The average molecular weight is 386 g/mol. The maximum absolute atomic E-state index is 13.3. The van der Waals surface area contributed by atoms with Crippen LogP contribution in [0.2, 0.25) is 0 Å². The fourth-order valence-corrected chi connectivity index (χ4v) is 2.59. The number of rotatable bonds is 8. The topological polar surface area (TPSA) is 74.8 Å². The van der Waals surface area contributed by atoms with Crippen LogP contribution >= 0.6 is 0 Å². The minimum atomic E-state index is -0.322. The molecule has 0 aliphatic heterocycles. The maximum Gasteiger partial charge on any atom is 0.251 e. The summed E-state index contributed by atoms with van der Waals surface area (Å²) >= 11 is 0. The van der Waals surface area contributed by atoms with Crippen molar-refractivity contribution in [1.29, 1.82) is 0 Å². The largest absolute Gasteiger partial charge is 0.489 e. The van der Waals surface area contributed by atoms with Gasteiger partial charge in [0.2, 0.25) is 0 Å². The molecule has 1 unspecified atom stereocenters. The Hall–Kier alpha value is -3.09. The van der Waals surface area contributed by atoms with Crippen molar-refractivity contribution in [2.75, 3.05) is 20.6 Å². The van der Waals surface area contributed by atoms with Crippen LogP contribution in [-0.4, -0.2) is 38.6 Å². The lowest BCUT2D eigenvalue weighted by molar-refractivity contribution is 0.0963. The summed E-state index contributed by atoms with van der Waals surface area (Å²) in [6, 6.07) is 13.5. The molecule has 0 aliphatic carbocycles. The number of nitrogens with one attached hydrogen (secondary N) is 3. The number of aliphatic imine (C=N–C) groups is 1. The van der Waals surface area contributed by atoms with Crippen molar-refractivity contribution in [3.8, 4) is 5.75 Å². The number of guanidine groups is 1. The minimum Gasteiger partial charge on any atom is -0.489 e. The number of amides is 1. The fraction of sp³-hybridized carbons (Fsp3) is 0.333. The molecular weight excluding hydrogens is 359 g/mol. The van der Waals surface area contributed by atoms with Gasteiger partial charge in [0, 0.05) is 32.3 Å². The molecule has 2 aromatic carbocycles. The van der Waals surface area contributed by atoms with Gasteiger partial charge in [-0.25, -0.2) is 4.39 Å². The highest BCUT2D eigenvalue weighted by Gasteiger charge is 2.10. The van der Waals surface area contributed by atoms with E-state index in [4.69, 9.17) is 4.74 Å². The number of nitrogens with zero attached hydrogens (tertiary/aromatic N) is 1. The number of benzene rings is 2. The Morgan fingerprint density at radius 2 is 1.96 bits per heavy atom. The molecule has 0 radical (unpaired) electrons. The molecule has 28 heavy (non-hydrogen) atoms. The van der Waals surface area contributed by atoms with Crippen LogP contribution in [0.5, 0.6) is 5.75 Å². The van der Waals surface area contributed by atoms with Crippen LogP contribution in [0.4, 0.5) is 4.39 Å². The van der Waals surface area contributed by atoms with Gasteiger partial charge < -0.3 is 20.7 Å². The third kappa shape index (κ3) is 6.57. The van der Waals surface area contributed by atoms with Crippen LogP contribution in [-0.2, 0) is 6.54 Å². The zero-order chi connectivity index (χ0) is 20.4. The minimum absolute atomic E-state index is 0.121. The van der Waals surface area contributed by atoms with E-state index in [0.29, 0.717) is 30.4 Å². The first-order chi connectivity index (χ1) is 13.5. The zero-order valence-electron chi connectivity index (χ0n) is 16.5. The molecule has 7 heteroatoms. The lowest BCUT2D eigenvalue weighted by atomic mass is 10.1. The van der Waals surface area contributed by atoms with Gasteiger partial charge in [-0.3, -0.25) is 9.79 Å². The molecule has 0 fully saturated rings. The smallest absolute Gasteiger partial charge is 0.251 e. The van der Waals surface area contributed by atoms with E-state index in [9.17, 15) is 9.18 Å². The van der Waals surface area contributed by atoms with Crippen LogP contribution in [0.25, 0.3) is 0 Å². The molecule has 3 N–H and O–H groups in total. The van der Waals surface area contributed by atoms with E-state index in [-0.39, 0.29) is 17.8 Å². The summed E-state index contributed by atoms with van der Waals surface area (Å²) in [5.74, 6) is 0.677. The molecule has 6 nitrogen and oxygen atoms in total. The Kier molecular flexibility index (Phi) is 8.27. The summed E-state index contributed by atoms with van der Waals surface area (Å²) in [5, 5.41) is 9.04. The van der Waals surface area contributed by atoms with E-state index in [1.807, 2.05) is 25.1 Å². The lowest BCUT2D eigenvalue weighted by Gasteiger charge is -2.20. The standard InChI is InChI=1S/C21H27FN4O2/c1-4-18(28-19-10-6-9-17(22)12-19)14-26-21(24-3)25-13-15-7-5-8-16(11-15)20(27)23-2/h5-12,18H,4,13-14H2,1-3H3,(H,23,27)(H2,24,25,26). The van der Waals surface area contributed by atoms with Crippen LogP contribution in [0, 0.1) is 5.82 Å². The molecule has 0 bridgehead atoms. The third-order valence-electron chi connectivity index (χ3n) is 4.15. The summed E-state index contributed by atoms with van der Waals surface area (Å²) in [4.78, 5) is 15.9. The van der Waals surface area contributed by atoms with Gasteiger partial charge in [-0.1, -0.05) is 25.1 Å². The Morgan fingerprint density at radius 3 is 2.64 bits per heavy atom. The van der Waals surface area contributed by atoms with Gasteiger partial charge in [0.15, 0.2) is 5.96 Å². The second-order valence-electron chi connectivity index (χ2n) is 6.19. The summed E-state index contributed by atoms with van der Waals surface area (Å²) < 4.78 is 19.1. The second kappa shape index (κ2) is 10.9. The number of halogens is 1. The molecule has 0 saturated heterocycles. The van der Waals surface area contributed by atoms with Gasteiger partial charge in [-0.15, -0.1) is 0 Å². The number of carbonyl (C=O) groups excluding carboxylic acids is 1. The SMILES string of the molecule is CCC(CNC(=NC)NCc1cccc(C(=O)NC)c1)Oc1cccc(F)c1. The van der Waals surface area contributed by atoms with E-state index >= 15 is 0 Å². The van der Waals surface area contributed by atoms with Crippen molar-refractivity contribution in [3.63, 3.8) is 0 Å². The second-order valence-corrected chi connectivity index (χ2v) is 6.19. The van der Waals surface area contributed by atoms with E-state index in [2.05, 4.69) is 20.9 Å². The maximum atomic E-state index is 13.3. The molecule has 0 saturated carbocycles. The summed E-state index contributed by atoms with van der Waals surface area (Å²) in [6.07, 6.45) is 0.631. The highest BCUT2D eigenvalue weighted by Crippen LogP contribution is 2.14. The number of hydrogen-bond acceptors (Lipinski definition) is 3. The van der Waals surface area contributed by atoms with E-state index in [0.717, 1.165) is 12.0 Å². The summed E-state index contributed by atoms with van der Waals surface area (Å²) in [5.41, 5.74) is 1.58. The fourth-order valence-electron chi connectivity index (χ4n) is 2.59. The van der Waals surface area contributed by atoms with Crippen LogP contribution in [0.15, 0.2) is 53.5 Å². The molecule has 2 rings (SSSR count). The highest BCUT2D eigenvalue weighted by molar-refractivity contribution is 5.94. The van der Waals surface area contributed by atoms with E-state index in [1.165, 1.54) is 12.1 Å². The highest BCUT2D eigenvalue weighted by atomic mass is 19.1. The Bertz CT molecular complexity index is 810. The van der Waals surface area contributed by atoms with Gasteiger partial charge >= 0.3 is 0 Å². The molecule has 1 amide bonds. The first kappa shape index (κ1) is 21.2. The molecule has 0 spiro atoms. The summed E-state index contributed by atoms with van der Waals surface area (Å²) in [6.45, 7) is 3.04. The molecule has 1 atom stereocenters. The zero-order valence-corrected chi connectivity index (χ0v) is 16.5. The van der Waals surface area contributed by atoms with Gasteiger partial charge in [-0.2, -0.15) is 0 Å². The number of ether oxygens (including phenoxy) is 1. The number of carbonyl (C=O) groups is 1. The van der Waals surface area contributed by atoms with Gasteiger partial charge in [0.25, 0.3) is 5.91 Å². The number of hydrogen-bond donors (Lipinski definition) is 3. The van der Waals surface area contributed by atoms with Gasteiger partial charge in [0.05, 0.1) is 6.54 Å². The van der Waals surface area contributed by atoms with E-state index in [1.54, 1.807) is 32.3 Å². The Labute approximate surface area is 165 Å². The lowest BCUT2D eigenvalue weighted by Crippen LogP contribution is -2.42. The van der Waals surface area contributed by atoms with Crippen molar-refractivity contribution in [1.82, 2.24) is 16.0 Å². The Balaban J connectivity index is 1.87. The normalized spacial score (nSPS) is 12.2. The molecule has 2 aromatic rings. The van der Waals surface area contributed by atoms with Gasteiger partial charge in [-0.05, 0) is 36.2 Å². The predicted molar refractivity (Wildman–Crippen MR) is 109 cm³/mol. The average Bonchev–Trinajstić information content (AvgIpc) is 2.72. The predicted octanol–water partition coefficient (Wildman–Crippen LogP) is 2.71. The molecule has 0 aliphatic rings.